The van der Waals surface area contributed by atoms with Gasteiger partial charge in [0.15, 0.2) is 5.82 Å². The van der Waals surface area contributed by atoms with Crippen LogP contribution in [0.5, 0.6) is 0 Å². The van der Waals surface area contributed by atoms with E-state index in [0.29, 0.717) is 12.5 Å². The molecule has 0 spiro atoms. The summed E-state index contributed by atoms with van der Waals surface area (Å²) in [5.41, 5.74) is 5.60. The van der Waals surface area contributed by atoms with Gasteiger partial charge in [0, 0.05) is 12.5 Å². The van der Waals surface area contributed by atoms with Crippen molar-refractivity contribution in [3.8, 4) is 0 Å². The molecular weight excluding hydrogens is 170 g/mol. The lowest BCUT2D eigenvalue weighted by Crippen LogP contribution is -2.06. The van der Waals surface area contributed by atoms with Crippen LogP contribution in [0.1, 0.15) is 37.0 Å². The fourth-order valence-electron chi connectivity index (χ4n) is 1.34. The fraction of sp³-hybridized carbons (Fsp3) is 0.750. The predicted octanol–water partition coefficient (Wildman–Crippen LogP) is 0.593. The minimum Gasteiger partial charge on any atom is -0.381 e. The molecule has 0 radical (unpaired) electrons. The molecule has 5 nitrogen and oxygen atoms in total. The molecule has 0 aromatic carbocycles. The summed E-state index contributed by atoms with van der Waals surface area (Å²) >= 11 is 0. The lowest BCUT2D eigenvalue weighted by molar-refractivity contribution is 0.192. The molecule has 2 rings (SSSR count). The molecule has 2 atom stereocenters. The Hall–Kier alpha value is -0.940. The Balaban J connectivity index is 2.12. The normalized spacial score (nSPS) is 24.9. The fourth-order valence-corrected chi connectivity index (χ4v) is 1.34. The maximum absolute atomic E-state index is 5.60. The van der Waals surface area contributed by atoms with Crippen LogP contribution in [0.3, 0.4) is 0 Å². The SMILES string of the molecule is C[C@@H](N)c1nc(C2CCOC2)no1. The van der Waals surface area contributed by atoms with E-state index in [4.69, 9.17) is 15.0 Å². The van der Waals surface area contributed by atoms with Gasteiger partial charge < -0.3 is 15.0 Å². The smallest absolute Gasteiger partial charge is 0.243 e. The lowest BCUT2D eigenvalue weighted by atomic mass is 10.1. The van der Waals surface area contributed by atoms with E-state index in [9.17, 15) is 0 Å². The van der Waals surface area contributed by atoms with Gasteiger partial charge in [-0.05, 0) is 13.3 Å². The summed E-state index contributed by atoms with van der Waals surface area (Å²) in [7, 11) is 0. The standard InChI is InChI=1S/C8H13N3O2/c1-5(9)8-10-7(11-13-8)6-2-3-12-4-6/h5-6H,2-4,9H2,1H3/t5-,6?/m1/s1. The van der Waals surface area contributed by atoms with Crippen molar-refractivity contribution in [2.75, 3.05) is 13.2 Å². The first kappa shape index (κ1) is 8.65. The van der Waals surface area contributed by atoms with Gasteiger partial charge in [0.2, 0.25) is 5.89 Å². The second kappa shape index (κ2) is 3.43. The first-order valence-corrected chi connectivity index (χ1v) is 4.44. The maximum atomic E-state index is 5.60. The van der Waals surface area contributed by atoms with Crippen molar-refractivity contribution >= 4 is 0 Å². The summed E-state index contributed by atoms with van der Waals surface area (Å²) in [6, 6.07) is -0.191. The van der Waals surface area contributed by atoms with Crippen LogP contribution in [0.15, 0.2) is 4.52 Å². The summed E-state index contributed by atoms with van der Waals surface area (Å²) in [5, 5.41) is 3.87. The molecule has 1 unspecified atom stereocenters. The molecule has 5 heteroatoms. The van der Waals surface area contributed by atoms with Crippen LogP contribution in [-0.4, -0.2) is 23.4 Å². The van der Waals surface area contributed by atoms with Gasteiger partial charge in [0.05, 0.1) is 12.6 Å². The highest BCUT2D eigenvalue weighted by Crippen LogP contribution is 2.23. The van der Waals surface area contributed by atoms with E-state index >= 15 is 0 Å². The van der Waals surface area contributed by atoms with Crippen molar-refractivity contribution in [1.82, 2.24) is 10.1 Å². The number of nitrogens with zero attached hydrogens (tertiary/aromatic N) is 2. The molecule has 1 aliphatic rings. The highest BCUT2D eigenvalue weighted by atomic mass is 16.5. The summed E-state index contributed by atoms with van der Waals surface area (Å²) in [4.78, 5) is 4.21. The lowest BCUT2D eigenvalue weighted by Gasteiger charge is -1.98. The highest BCUT2D eigenvalue weighted by Gasteiger charge is 2.23. The molecule has 72 valence electrons. The molecule has 0 bridgehead atoms. The molecule has 1 aromatic rings. The second-order valence-electron chi connectivity index (χ2n) is 3.34. The summed E-state index contributed by atoms with van der Waals surface area (Å²) < 4.78 is 10.2. The van der Waals surface area contributed by atoms with Gasteiger partial charge in [0.1, 0.15) is 0 Å². The molecule has 0 aliphatic carbocycles. The zero-order valence-corrected chi connectivity index (χ0v) is 7.56. The Morgan fingerprint density at radius 2 is 2.46 bits per heavy atom. The van der Waals surface area contributed by atoms with Crippen molar-refractivity contribution in [3.63, 3.8) is 0 Å². The molecule has 0 saturated carbocycles. The average molecular weight is 183 g/mol. The third kappa shape index (κ3) is 1.71. The van der Waals surface area contributed by atoms with E-state index in [1.165, 1.54) is 0 Å². The molecule has 0 amide bonds. The third-order valence-electron chi connectivity index (χ3n) is 2.14. The number of ether oxygens (including phenoxy) is 1. The van der Waals surface area contributed by atoms with Gasteiger partial charge in [0.25, 0.3) is 0 Å². The van der Waals surface area contributed by atoms with Crippen LogP contribution < -0.4 is 5.73 Å². The van der Waals surface area contributed by atoms with Gasteiger partial charge in [-0.15, -0.1) is 0 Å². The first-order valence-electron chi connectivity index (χ1n) is 4.44. The maximum Gasteiger partial charge on any atom is 0.243 e. The summed E-state index contributed by atoms with van der Waals surface area (Å²) in [6.45, 7) is 3.30. The van der Waals surface area contributed by atoms with E-state index in [1.807, 2.05) is 6.92 Å². The number of aromatic nitrogens is 2. The molecule has 13 heavy (non-hydrogen) atoms. The van der Waals surface area contributed by atoms with Gasteiger partial charge in [-0.3, -0.25) is 0 Å². The van der Waals surface area contributed by atoms with Crippen molar-refractivity contribution in [3.05, 3.63) is 11.7 Å². The van der Waals surface area contributed by atoms with Crippen molar-refractivity contribution in [2.24, 2.45) is 5.73 Å². The minimum atomic E-state index is -0.191. The van der Waals surface area contributed by atoms with E-state index in [-0.39, 0.29) is 12.0 Å². The first-order chi connectivity index (χ1) is 6.27. The largest absolute Gasteiger partial charge is 0.381 e. The zero-order chi connectivity index (χ0) is 9.26. The minimum absolute atomic E-state index is 0.191. The zero-order valence-electron chi connectivity index (χ0n) is 7.56. The van der Waals surface area contributed by atoms with Crippen LogP contribution in [0, 0.1) is 0 Å². The Labute approximate surface area is 76.3 Å². The Kier molecular flexibility index (Phi) is 2.28. The van der Waals surface area contributed by atoms with Crippen LogP contribution in [0.2, 0.25) is 0 Å². The van der Waals surface area contributed by atoms with Gasteiger partial charge in [-0.25, -0.2) is 0 Å². The van der Waals surface area contributed by atoms with Crippen molar-refractivity contribution < 1.29 is 9.26 Å². The predicted molar refractivity (Wildman–Crippen MR) is 45.1 cm³/mol. The molecular formula is C8H13N3O2. The third-order valence-corrected chi connectivity index (χ3v) is 2.14. The number of hydrogen-bond acceptors (Lipinski definition) is 5. The van der Waals surface area contributed by atoms with Crippen LogP contribution in [-0.2, 0) is 4.74 Å². The summed E-state index contributed by atoms with van der Waals surface area (Å²) in [5.74, 6) is 1.52. The van der Waals surface area contributed by atoms with Gasteiger partial charge in [-0.1, -0.05) is 5.16 Å². The Morgan fingerprint density at radius 3 is 3.00 bits per heavy atom. The van der Waals surface area contributed by atoms with Gasteiger partial charge >= 0.3 is 0 Å². The van der Waals surface area contributed by atoms with E-state index in [1.54, 1.807) is 0 Å². The van der Waals surface area contributed by atoms with Crippen molar-refractivity contribution in [2.45, 2.75) is 25.3 Å². The monoisotopic (exact) mass is 183 g/mol. The quantitative estimate of drug-likeness (QED) is 0.726. The van der Waals surface area contributed by atoms with E-state index in [2.05, 4.69) is 10.1 Å². The van der Waals surface area contributed by atoms with E-state index < -0.39 is 0 Å². The van der Waals surface area contributed by atoms with Crippen LogP contribution in [0.4, 0.5) is 0 Å². The van der Waals surface area contributed by atoms with Crippen molar-refractivity contribution in [1.29, 1.82) is 0 Å². The molecule has 1 saturated heterocycles. The number of rotatable bonds is 2. The Bertz CT molecular complexity index is 279. The second-order valence-corrected chi connectivity index (χ2v) is 3.34. The molecule has 1 aromatic heterocycles. The molecule has 2 N–H and O–H groups in total. The van der Waals surface area contributed by atoms with E-state index in [0.717, 1.165) is 18.9 Å². The van der Waals surface area contributed by atoms with Gasteiger partial charge in [-0.2, -0.15) is 4.98 Å². The molecule has 1 fully saturated rings. The molecule has 1 aliphatic heterocycles. The summed E-state index contributed by atoms with van der Waals surface area (Å²) in [6.07, 6.45) is 0.970. The average Bonchev–Trinajstić information content (AvgIpc) is 2.75. The van der Waals surface area contributed by atoms with Crippen LogP contribution in [0.25, 0.3) is 0 Å². The molecule has 2 heterocycles. The van der Waals surface area contributed by atoms with Crippen LogP contribution >= 0.6 is 0 Å². The number of nitrogens with two attached hydrogens (primary N) is 1. The highest BCUT2D eigenvalue weighted by molar-refractivity contribution is 4.98. The number of hydrogen-bond donors (Lipinski definition) is 1. The topological polar surface area (TPSA) is 74.2 Å². The Morgan fingerprint density at radius 1 is 1.62 bits per heavy atom.